The van der Waals surface area contributed by atoms with Crippen LogP contribution in [-0.2, 0) is 9.37 Å². The molecule has 0 saturated heterocycles. The second kappa shape index (κ2) is 4.11. The van der Waals surface area contributed by atoms with Crippen LogP contribution in [0.15, 0.2) is 27.5 Å². The summed E-state index contributed by atoms with van der Waals surface area (Å²) < 4.78 is 9.43. The van der Waals surface area contributed by atoms with E-state index in [1.807, 2.05) is 0 Å². The van der Waals surface area contributed by atoms with E-state index in [-0.39, 0.29) is 0 Å². The number of nitrogens with one attached hydrogen (secondary N) is 1. The molecule has 2 N–H and O–H groups in total. The lowest BCUT2D eigenvalue weighted by molar-refractivity contribution is -0.432. The Morgan fingerprint density at radius 3 is 3.14 bits per heavy atom. The number of fused-ring (bicyclic) bond motifs is 1. The van der Waals surface area contributed by atoms with Crippen molar-refractivity contribution in [2.24, 2.45) is 0 Å². The summed E-state index contributed by atoms with van der Waals surface area (Å²) >= 11 is 5.70. The van der Waals surface area contributed by atoms with Gasteiger partial charge < -0.3 is 9.40 Å². The van der Waals surface area contributed by atoms with Gasteiger partial charge in [0.05, 0.1) is 17.6 Å². The third-order valence-corrected chi connectivity index (χ3v) is 2.31. The number of benzene rings is 1. The number of hydrogen-bond donors (Lipinski definition) is 2. The minimum atomic E-state index is 0.321. The smallest absolute Gasteiger partial charge is 0.266 e. The molecule has 0 aliphatic carbocycles. The number of aromatic amines is 1. The van der Waals surface area contributed by atoms with Gasteiger partial charge in [0.25, 0.3) is 4.84 Å². The molecule has 0 fully saturated rings. The molecule has 1 aromatic carbocycles. The first-order chi connectivity index (χ1) is 6.79. The van der Waals surface area contributed by atoms with Gasteiger partial charge in [-0.1, -0.05) is 5.04 Å². The largest absolute Gasteiger partial charge is 0.429 e. The van der Waals surface area contributed by atoms with Crippen molar-refractivity contribution in [1.29, 1.82) is 0 Å². The maximum atomic E-state index is 7.96. The molecule has 0 amide bonds. The highest BCUT2D eigenvalue weighted by Crippen LogP contribution is 2.23. The minimum Gasteiger partial charge on any atom is -0.429 e. The molecule has 0 saturated carbocycles. The third kappa shape index (κ3) is 1.97. The molecule has 0 unspecified atom stereocenters. The van der Waals surface area contributed by atoms with Crippen molar-refractivity contribution in [3.63, 3.8) is 0 Å². The molecule has 1 heterocycles. The van der Waals surface area contributed by atoms with E-state index in [0.717, 1.165) is 22.5 Å². The molecule has 74 valence electrons. The van der Waals surface area contributed by atoms with Crippen molar-refractivity contribution in [2.45, 2.75) is 4.90 Å². The first-order valence-corrected chi connectivity index (χ1v) is 4.72. The van der Waals surface area contributed by atoms with Crippen LogP contribution in [0.1, 0.15) is 0 Å². The van der Waals surface area contributed by atoms with Crippen LogP contribution in [0.3, 0.4) is 0 Å². The summed E-state index contributed by atoms with van der Waals surface area (Å²) in [4.78, 5) is 3.92. The lowest BCUT2D eigenvalue weighted by Gasteiger charge is -1.95. The van der Waals surface area contributed by atoms with Crippen LogP contribution in [-0.4, -0.2) is 10.2 Å². The molecule has 0 aliphatic rings. The van der Waals surface area contributed by atoms with E-state index in [2.05, 4.69) is 14.4 Å². The molecule has 5 nitrogen and oxygen atoms in total. The van der Waals surface area contributed by atoms with E-state index in [1.165, 1.54) is 0 Å². The number of H-pyrrole nitrogens is 1. The molecule has 0 aliphatic heterocycles. The lowest BCUT2D eigenvalue weighted by Crippen LogP contribution is -1.78. The molecular formula is C7H5NO4S2. The Labute approximate surface area is 87.7 Å². The van der Waals surface area contributed by atoms with Gasteiger partial charge in [0.15, 0.2) is 5.58 Å². The van der Waals surface area contributed by atoms with Gasteiger partial charge in [0, 0.05) is 4.90 Å². The average Bonchev–Trinajstić information content (AvgIpc) is 2.54. The second-order valence-electron chi connectivity index (χ2n) is 2.40. The highest BCUT2D eigenvalue weighted by molar-refractivity contribution is 7.94. The van der Waals surface area contributed by atoms with Gasteiger partial charge in [0.1, 0.15) is 0 Å². The van der Waals surface area contributed by atoms with E-state index in [4.69, 9.17) is 21.9 Å². The van der Waals surface area contributed by atoms with E-state index < -0.39 is 0 Å². The Balaban J connectivity index is 2.35. The van der Waals surface area contributed by atoms with Crippen LogP contribution in [0.2, 0.25) is 0 Å². The number of aromatic nitrogens is 1. The first-order valence-electron chi connectivity index (χ1n) is 3.57. The molecular weight excluding hydrogens is 226 g/mol. The van der Waals surface area contributed by atoms with Crippen LogP contribution < -0.4 is 0 Å². The monoisotopic (exact) mass is 231 g/mol. The molecule has 1 aromatic heterocycles. The summed E-state index contributed by atoms with van der Waals surface area (Å²) in [6.07, 6.45) is 0. The SMILES string of the molecule is OOOSc1ccc2oc(=S)[nH]c2c1. The Hall–Kier alpha value is -0.860. The highest BCUT2D eigenvalue weighted by Gasteiger charge is 2.01. The van der Waals surface area contributed by atoms with Gasteiger partial charge in [-0.3, -0.25) is 0 Å². The first kappa shape index (κ1) is 9.69. The standard InChI is InChI=1S/C7H5NO4S2/c9-11-12-14-4-1-2-6-5(3-4)8-7(13)10-6/h1-3,9H,(H,8,13). The fourth-order valence-corrected chi connectivity index (χ4v) is 1.64. The summed E-state index contributed by atoms with van der Waals surface area (Å²) in [5, 5.41) is 11.4. The van der Waals surface area contributed by atoms with Crippen molar-refractivity contribution in [3.8, 4) is 0 Å². The second-order valence-corrected chi connectivity index (χ2v) is 3.54. The predicted molar refractivity (Wildman–Crippen MR) is 52.1 cm³/mol. The molecule has 14 heavy (non-hydrogen) atoms. The van der Waals surface area contributed by atoms with Gasteiger partial charge in [-0.25, -0.2) is 5.26 Å². The zero-order valence-electron chi connectivity index (χ0n) is 6.72. The Morgan fingerprint density at radius 2 is 2.36 bits per heavy atom. The number of oxazole rings is 1. The fourth-order valence-electron chi connectivity index (χ4n) is 1.04. The normalized spacial score (nSPS) is 10.9. The summed E-state index contributed by atoms with van der Waals surface area (Å²) in [5.74, 6) is 0. The third-order valence-electron chi connectivity index (χ3n) is 1.55. The van der Waals surface area contributed by atoms with Crippen molar-refractivity contribution < 1.29 is 19.0 Å². The molecule has 0 spiro atoms. The molecule has 2 rings (SSSR count). The minimum absolute atomic E-state index is 0.321. The van der Waals surface area contributed by atoms with Crippen molar-refractivity contribution >= 4 is 35.4 Å². The topological polar surface area (TPSA) is 67.6 Å². The van der Waals surface area contributed by atoms with Crippen LogP contribution in [0.25, 0.3) is 11.1 Å². The van der Waals surface area contributed by atoms with E-state index in [1.54, 1.807) is 18.2 Å². The predicted octanol–water partition coefficient (Wildman–Crippen LogP) is 2.92. The van der Waals surface area contributed by atoms with Gasteiger partial charge in [0.2, 0.25) is 0 Å². The van der Waals surface area contributed by atoms with Gasteiger partial charge in [-0.15, -0.1) is 4.33 Å². The molecule has 0 radical (unpaired) electrons. The molecule has 2 aromatic rings. The zero-order chi connectivity index (χ0) is 9.97. The van der Waals surface area contributed by atoms with Crippen molar-refractivity contribution in [3.05, 3.63) is 23.0 Å². The molecule has 0 atom stereocenters. The number of hydrogen-bond acceptors (Lipinski definition) is 6. The quantitative estimate of drug-likeness (QED) is 0.366. The number of rotatable bonds is 3. The fraction of sp³-hybridized carbons (Fsp3) is 0. The maximum absolute atomic E-state index is 7.96. The Kier molecular flexibility index (Phi) is 2.85. The van der Waals surface area contributed by atoms with Crippen LogP contribution in [0.4, 0.5) is 0 Å². The van der Waals surface area contributed by atoms with E-state index in [9.17, 15) is 0 Å². The van der Waals surface area contributed by atoms with Crippen LogP contribution in [0, 0.1) is 4.84 Å². The van der Waals surface area contributed by atoms with Gasteiger partial charge in [-0.05, 0) is 30.4 Å². The highest BCUT2D eigenvalue weighted by atomic mass is 32.2. The van der Waals surface area contributed by atoms with E-state index >= 15 is 0 Å². The molecule has 0 bridgehead atoms. The Bertz CT molecular complexity index is 492. The van der Waals surface area contributed by atoms with Gasteiger partial charge >= 0.3 is 0 Å². The summed E-state index contributed by atoms with van der Waals surface area (Å²) in [5.41, 5.74) is 1.44. The maximum Gasteiger partial charge on any atom is 0.266 e. The Morgan fingerprint density at radius 1 is 1.50 bits per heavy atom. The van der Waals surface area contributed by atoms with Crippen LogP contribution >= 0.6 is 24.3 Å². The van der Waals surface area contributed by atoms with Gasteiger partial charge in [-0.2, -0.15) is 0 Å². The summed E-state index contributed by atoms with van der Waals surface area (Å²) in [6, 6.07) is 5.25. The van der Waals surface area contributed by atoms with E-state index in [0.29, 0.717) is 10.4 Å². The zero-order valence-corrected chi connectivity index (χ0v) is 8.35. The average molecular weight is 231 g/mol. The summed E-state index contributed by atoms with van der Waals surface area (Å²) in [6.45, 7) is 0. The van der Waals surface area contributed by atoms with Crippen molar-refractivity contribution in [1.82, 2.24) is 4.98 Å². The van der Waals surface area contributed by atoms with Crippen LogP contribution in [0.5, 0.6) is 0 Å². The summed E-state index contributed by atoms with van der Waals surface area (Å²) in [7, 11) is 0. The van der Waals surface area contributed by atoms with Crippen molar-refractivity contribution in [2.75, 3.05) is 0 Å². The molecule has 7 heteroatoms. The lowest BCUT2D eigenvalue weighted by atomic mass is 10.3.